The van der Waals surface area contributed by atoms with Gasteiger partial charge in [0.1, 0.15) is 12.4 Å². The Labute approximate surface area is 219 Å². The van der Waals surface area contributed by atoms with Crippen molar-refractivity contribution >= 4 is 46.8 Å². The Bertz CT molecular complexity index is 1190. The van der Waals surface area contributed by atoms with Crippen LogP contribution in [0.3, 0.4) is 0 Å². The standard InChI is InChI=1S/C26H28Cl2N2O6/c1-3-10-30-21(32)16-9-8-14-17(19(16)22(30)33)13-25(27)23(34)29(2)24(35)26(25,28)20(14)15-6-4-5-7-18(15)36-12-11-31/h4-8,16-17,19-20,31H,3,9-13H2,1-2H3. The first-order chi connectivity index (χ1) is 17.1. The van der Waals surface area contributed by atoms with Gasteiger partial charge in [0.15, 0.2) is 9.75 Å². The molecule has 0 bridgehead atoms. The highest BCUT2D eigenvalue weighted by Gasteiger charge is 2.76. The van der Waals surface area contributed by atoms with E-state index in [0.29, 0.717) is 30.7 Å². The quantitative estimate of drug-likeness (QED) is 0.341. The fourth-order valence-corrected chi connectivity index (χ4v) is 7.62. The second-order valence-electron chi connectivity index (χ2n) is 9.94. The smallest absolute Gasteiger partial charge is 0.253 e. The van der Waals surface area contributed by atoms with Gasteiger partial charge in [-0.2, -0.15) is 0 Å². The lowest BCUT2D eigenvalue weighted by atomic mass is 9.56. The van der Waals surface area contributed by atoms with Crippen LogP contribution in [0.2, 0.25) is 0 Å². The topological polar surface area (TPSA) is 104 Å². The molecule has 1 N–H and O–H groups in total. The number of imide groups is 2. The van der Waals surface area contributed by atoms with Crippen LogP contribution in [-0.4, -0.2) is 75.1 Å². The third-order valence-electron chi connectivity index (χ3n) is 8.13. The fourth-order valence-electron chi connectivity index (χ4n) is 6.60. The van der Waals surface area contributed by atoms with Gasteiger partial charge in [-0.1, -0.05) is 36.8 Å². The van der Waals surface area contributed by atoms with Crippen LogP contribution in [-0.2, 0) is 19.2 Å². The molecule has 6 unspecified atom stereocenters. The minimum absolute atomic E-state index is 0.0178. The Kier molecular flexibility index (Phi) is 6.21. The van der Waals surface area contributed by atoms with Crippen LogP contribution in [0.15, 0.2) is 35.9 Å². The summed E-state index contributed by atoms with van der Waals surface area (Å²) in [4.78, 5) is 52.3. The Morgan fingerprint density at radius 3 is 2.50 bits per heavy atom. The van der Waals surface area contributed by atoms with E-state index in [0.717, 1.165) is 10.5 Å². The fraction of sp³-hybridized carbons (Fsp3) is 0.538. The summed E-state index contributed by atoms with van der Waals surface area (Å²) >= 11 is 14.3. The zero-order valence-corrected chi connectivity index (χ0v) is 21.6. The third-order valence-corrected chi connectivity index (χ3v) is 9.54. The van der Waals surface area contributed by atoms with Gasteiger partial charge in [-0.15, -0.1) is 23.2 Å². The number of para-hydroxylation sites is 1. The van der Waals surface area contributed by atoms with Crippen molar-refractivity contribution in [1.29, 1.82) is 0 Å². The molecule has 4 amide bonds. The van der Waals surface area contributed by atoms with Crippen LogP contribution in [0, 0.1) is 17.8 Å². The predicted octanol–water partition coefficient (Wildman–Crippen LogP) is 2.46. The summed E-state index contributed by atoms with van der Waals surface area (Å²) in [5, 5.41) is 9.33. The van der Waals surface area contributed by atoms with Crippen LogP contribution >= 0.6 is 23.2 Å². The van der Waals surface area contributed by atoms with E-state index in [1.54, 1.807) is 24.3 Å². The molecule has 0 aromatic heterocycles. The number of aliphatic hydroxyl groups excluding tert-OH is 1. The molecule has 5 rings (SSSR count). The van der Waals surface area contributed by atoms with Crippen LogP contribution < -0.4 is 4.74 Å². The average Bonchev–Trinajstić information content (AvgIpc) is 3.18. The number of carbonyl (C=O) groups is 4. The van der Waals surface area contributed by atoms with E-state index in [1.165, 1.54) is 11.9 Å². The minimum atomic E-state index is -1.86. The number of hydrogen-bond donors (Lipinski definition) is 1. The number of rotatable bonds is 6. The van der Waals surface area contributed by atoms with Crippen LogP contribution in [0.5, 0.6) is 5.75 Å². The molecule has 1 aromatic rings. The van der Waals surface area contributed by atoms with Gasteiger partial charge in [0, 0.05) is 25.1 Å². The first kappa shape index (κ1) is 25.2. The lowest BCUT2D eigenvalue weighted by Gasteiger charge is -2.51. The van der Waals surface area contributed by atoms with Gasteiger partial charge in [-0.05, 0) is 31.2 Å². The SMILES string of the molecule is CCCN1C(=O)C2CC=C3C(CC4(Cl)C(=O)N(C)C(=O)C4(Cl)C3c3ccccc3OCCO)C2C1=O. The highest BCUT2D eigenvalue weighted by molar-refractivity contribution is 6.53. The average molecular weight is 535 g/mol. The van der Waals surface area contributed by atoms with E-state index >= 15 is 0 Å². The van der Waals surface area contributed by atoms with Gasteiger partial charge in [0.05, 0.1) is 18.4 Å². The molecular weight excluding hydrogens is 507 g/mol. The molecule has 6 atom stereocenters. The molecule has 2 aliphatic carbocycles. The van der Waals surface area contributed by atoms with Crippen molar-refractivity contribution in [3.05, 3.63) is 41.5 Å². The zero-order chi connectivity index (χ0) is 26.0. The molecule has 1 aromatic carbocycles. The molecule has 1 saturated carbocycles. The first-order valence-corrected chi connectivity index (χ1v) is 13.0. The summed E-state index contributed by atoms with van der Waals surface area (Å²) in [5.41, 5.74) is 1.26. The molecule has 8 nitrogen and oxygen atoms in total. The number of likely N-dealkylation sites (tertiary alicyclic amines) is 2. The summed E-state index contributed by atoms with van der Waals surface area (Å²) in [6, 6.07) is 6.99. The van der Waals surface area contributed by atoms with E-state index in [-0.39, 0.29) is 31.4 Å². The number of halogens is 2. The second-order valence-corrected chi connectivity index (χ2v) is 11.2. The molecule has 2 saturated heterocycles. The molecule has 0 spiro atoms. The maximum Gasteiger partial charge on any atom is 0.253 e. The number of fused-ring (bicyclic) bond motifs is 4. The number of hydrogen-bond acceptors (Lipinski definition) is 6. The van der Waals surface area contributed by atoms with E-state index < -0.39 is 45.2 Å². The first-order valence-electron chi connectivity index (χ1n) is 12.2. The maximum atomic E-state index is 13.6. The largest absolute Gasteiger partial charge is 0.491 e. The Hall–Kier alpha value is -2.42. The normalized spacial score (nSPS) is 35.5. The molecule has 4 aliphatic rings. The third kappa shape index (κ3) is 3.17. The van der Waals surface area contributed by atoms with Crippen LogP contribution in [0.25, 0.3) is 0 Å². The highest BCUT2D eigenvalue weighted by Crippen LogP contribution is 2.65. The lowest BCUT2D eigenvalue weighted by Crippen LogP contribution is -2.60. The number of amides is 4. The van der Waals surface area contributed by atoms with E-state index in [1.807, 2.05) is 13.0 Å². The number of allylic oxidation sites excluding steroid dienone is 2. The number of ether oxygens (including phenoxy) is 1. The van der Waals surface area contributed by atoms with Crippen molar-refractivity contribution in [3.63, 3.8) is 0 Å². The number of carbonyl (C=O) groups excluding carboxylic acids is 4. The number of benzene rings is 1. The summed E-state index contributed by atoms with van der Waals surface area (Å²) in [6.45, 7) is 2.04. The van der Waals surface area contributed by atoms with Gasteiger partial charge in [-0.25, -0.2) is 0 Å². The number of alkyl halides is 2. The minimum Gasteiger partial charge on any atom is -0.491 e. The van der Waals surface area contributed by atoms with Crippen molar-refractivity contribution in [3.8, 4) is 5.75 Å². The maximum absolute atomic E-state index is 13.6. The summed E-state index contributed by atoms with van der Waals surface area (Å²) < 4.78 is 5.79. The molecule has 36 heavy (non-hydrogen) atoms. The highest BCUT2D eigenvalue weighted by atomic mass is 35.5. The van der Waals surface area contributed by atoms with Gasteiger partial charge in [-0.3, -0.25) is 29.0 Å². The van der Waals surface area contributed by atoms with Crippen molar-refractivity contribution in [2.24, 2.45) is 17.8 Å². The van der Waals surface area contributed by atoms with Crippen LogP contribution in [0.4, 0.5) is 0 Å². The zero-order valence-electron chi connectivity index (χ0n) is 20.1. The number of nitrogens with zero attached hydrogens (tertiary/aromatic N) is 2. The van der Waals surface area contributed by atoms with Crippen molar-refractivity contribution < 1.29 is 29.0 Å². The lowest BCUT2D eigenvalue weighted by molar-refractivity contribution is -0.141. The molecule has 2 aliphatic heterocycles. The van der Waals surface area contributed by atoms with Gasteiger partial charge >= 0.3 is 0 Å². The van der Waals surface area contributed by atoms with E-state index in [4.69, 9.17) is 27.9 Å². The Balaban J connectivity index is 1.71. The molecule has 0 radical (unpaired) electrons. The van der Waals surface area contributed by atoms with Gasteiger partial charge in [0.2, 0.25) is 11.8 Å². The van der Waals surface area contributed by atoms with Crippen LogP contribution in [0.1, 0.15) is 37.7 Å². The van der Waals surface area contributed by atoms with E-state index in [9.17, 15) is 24.3 Å². The van der Waals surface area contributed by atoms with E-state index in [2.05, 4.69) is 0 Å². The van der Waals surface area contributed by atoms with Crippen molar-refractivity contribution in [2.75, 3.05) is 26.8 Å². The molecule has 192 valence electrons. The van der Waals surface area contributed by atoms with Crippen molar-refractivity contribution in [2.45, 2.75) is 41.9 Å². The molecule has 2 heterocycles. The number of aliphatic hydroxyl groups is 1. The summed E-state index contributed by atoms with van der Waals surface area (Å²) in [7, 11) is 1.36. The van der Waals surface area contributed by atoms with Crippen molar-refractivity contribution in [1.82, 2.24) is 9.80 Å². The molecule has 3 fully saturated rings. The van der Waals surface area contributed by atoms with Gasteiger partial charge < -0.3 is 9.84 Å². The predicted molar refractivity (Wildman–Crippen MR) is 132 cm³/mol. The monoisotopic (exact) mass is 534 g/mol. The Morgan fingerprint density at radius 1 is 1.08 bits per heavy atom. The second kappa shape index (κ2) is 8.85. The molecular formula is C26H28Cl2N2O6. The van der Waals surface area contributed by atoms with Gasteiger partial charge in [0.25, 0.3) is 11.8 Å². The summed E-state index contributed by atoms with van der Waals surface area (Å²) in [5.74, 6) is -3.95. The Morgan fingerprint density at radius 2 is 1.81 bits per heavy atom. The molecule has 10 heteroatoms. The summed E-state index contributed by atoms with van der Waals surface area (Å²) in [6.07, 6.45) is 2.84.